The molecule has 1 N–H and O–H groups in total. The summed E-state index contributed by atoms with van der Waals surface area (Å²) >= 11 is 0. The summed E-state index contributed by atoms with van der Waals surface area (Å²) in [7, 11) is 0. The van der Waals surface area contributed by atoms with E-state index in [1.807, 2.05) is 26.1 Å². The van der Waals surface area contributed by atoms with Crippen LogP contribution in [0.5, 0.6) is 0 Å². The topological polar surface area (TPSA) is 23.5 Å². The number of nitrogens with zero attached hydrogens (tertiary/aromatic N) is 1. The molecule has 16 heavy (non-hydrogen) atoms. The third-order valence-corrected chi connectivity index (χ3v) is 2.49. The first-order valence-electron chi connectivity index (χ1n) is 5.87. The molecule has 0 radical (unpaired) electrons. The summed E-state index contributed by atoms with van der Waals surface area (Å²) < 4.78 is 0. The first-order valence-corrected chi connectivity index (χ1v) is 5.87. The van der Waals surface area contributed by atoms with Gasteiger partial charge in [-0.15, -0.1) is 0 Å². The van der Waals surface area contributed by atoms with Crippen LogP contribution in [0.15, 0.2) is 47.9 Å². The standard InChI is InChI=1S/C14H21NO/c1-3-7-13-8-5-6-9-14(13)15(10-4-2)11-12-16/h3-4,7-10,16H,5-6,11-12H2,1-2H3. The minimum Gasteiger partial charge on any atom is -0.395 e. The number of allylic oxidation sites excluding steroid dienone is 5. The third-order valence-electron chi connectivity index (χ3n) is 2.49. The molecule has 0 spiro atoms. The molecule has 0 aromatic rings. The summed E-state index contributed by atoms with van der Waals surface area (Å²) in [4.78, 5) is 2.10. The van der Waals surface area contributed by atoms with E-state index in [2.05, 4.69) is 29.2 Å². The lowest BCUT2D eigenvalue weighted by Crippen LogP contribution is -2.22. The number of aliphatic hydroxyl groups excluding tert-OH is 1. The van der Waals surface area contributed by atoms with Gasteiger partial charge in [0.25, 0.3) is 0 Å². The Balaban J connectivity index is 2.88. The maximum absolute atomic E-state index is 9.07. The van der Waals surface area contributed by atoms with Crippen LogP contribution < -0.4 is 0 Å². The lowest BCUT2D eigenvalue weighted by atomic mass is 10.0. The quantitative estimate of drug-likeness (QED) is 0.768. The van der Waals surface area contributed by atoms with E-state index in [0.717, 1.165) is 12.8 Å². The molecule has 2 heteroatoms. The Morgan fingerprint density at radius 1 is 1.25 bits per heavy atom. The van der Waals surface area contributed by atoms with Crippen LogP contribution >= 0.6 is 0 Å². The Kier molecular flexibility index (Phi) is 5.65. The Morgan fingerprint density at radius 3 is 2.62 bits per heavy atom. The molecule has 0 aromatic heterocycles. The maximum atomic E-state index is 9.07. The lowest BCUT2D eigenvalue weighted by molar-refractivity contribution is 0.258. The van der Waals surface area contributed by atoms with Gasteiger partial charge in [0.1, 0.15) is 0 Å². The van der Waals surface area contributed by atoms with Crippen LogP contribution in [0.1, 0.15) is 26.7 Å². The molecule has 0 fully saturated rings. The molecule has 1 aliphatic carbocycles. The van der Waals surface area contributed by atoms with Crippen LogP contribution in [-0.2, 0) is 0 Å². The fourth-order valence-electron chi connectivity index (χ4n) is 1.86. The SMILES string of the molecule is CC=CC1=CCCC=C1N(C=CC)CCO. The Hall–Kier alpha value is -1.28. The Labute approximate surface area is 98.3 Å². The molecule has 0 unspecified atom stereocenters. The first kappa shape index (κ1) is 12.8. The van der Waals surface area contributed by atoms with Crippen molar-refractivity contribution < 1.29 is 5.11 Å². The van der Waals surface area contributed by atoms with Crippen LogP contribution in [-0.4, -0.2) is 23.2 Å². The van der Waals surface area contributed by atoms with Crippen LogP contribution in [0.2, 0.25) is 0 Å². The summed E-state index contributed by atoms with van der Waals surface area (Å²) in [5, 5.41) is 9.07. The van der Waals surface area contributed by atoms with Gasteiger partial charge >= 0.3 is 0 Å². The van der Waals surface area contributed by atoms with E-state index in [1.165, 1.54) is 11.3 Å². The van der Waals surface area contributed by atoms with E-state index in [1.54, 1.807) is 0 Å². The highest BCUT2D eigenvalue weighted by Gasteiger charge is 2.11. The van der Waals surface area contributed by atoms with Gasteiger partial charge in [-0.05, 0) is 38.5 Å². The van der Waals surface area contributed by atoms with Crippen molar-refractivity contribution in [3.8, 4) is 0 Å². The van der Waals surface area contributed by atoms with Gasteiger partial charge < -0.3 is 10.0 Å². The average molecular weight is 219 g/mol. The summed E-state index contributed by atoms with van der Waals surface area (Å²) in [6.07, 6.45) is 14.9. The van der Waals surface area contributed by atoms with Crippen molar-refractivity contribution in [3.05, 3.63) is 47.9 Å². The van der Waals surface area contributed by atoms with Crippen LogP contribution in [0.4, 0.5) is 0 Å². The average Bonchev–Trinajstić information content (AvgIpc) is 2.30. The Bertz CT molecular complexity index is 324. The largest absolute Gasteiger partial charge is 0.395 e. The monoisotopic (exact) mass is 219 g/mol. The summed E-state index contributed by atoms with van der Waals surface area (Å²) in [5.41, 5.74) is 2.46. The molecule has 0 amide bonds. The van der Waals surface area contributed by atoms with Crippen LogP contribution in [0, 0.1) is 0 Å². The normalized spacial score (nSPS) is 16.7. The van der Waals surface area contributed by atoms with E-state index in [4.69, 9.17) is 5.11 Å². The summed E-state index contributed by atoms with van der Waals surface area (Å²) in [6, 6.07) is 0. The minimum absolute atomic E-state index is 0.171. The smallest absolute Gasteiger partial charge is 0.0610 e. The van der Waals surface area contributed by atoms with E-state index in [0.29, 0.717) is 6.54 Å². The molecule has 1 rings (SSSR count). The first-order chi connectivity index (χ1) is 7.83. The fraction of sp³-hybridized carbons (Fsp3) is 0.429. The number of rotatable bonds is 5. The predicted octanol–water partition coefficient (Wildman–Crippen LogP) is 2.99. The van der Waals surface area contributed by atoms with Gasteiger partial charge in [0.05, 0.1) is 6.61 Å². The van der Waals surface area contributed by atoms with Crippen LogP contribution in [0.25, 0.3) is 0 Å². The molecule has 0 saturated heterocycles. The van der Waals surface area contributed by atoms with Gasteiger partial charge in [-0.2, -0.15) is 0 Å². The van der Waals surface area contributed by atoms with Crippen molar-refractivity contribution >= 4 is 0 Å². The zero-order valence-corrected chi connectivity index (χ0v) is 10.2. The molecule has 0 heterocycles. The van der Waals surface area contributed by atoms with E-state index >= 15 is 0 Å². The highest BCUT2D eigenvalue weighted by molar-refractivity contribution is 5.41. The van der Waals surface area contributed by atoms with Crippen molar-refractivity contribution in [1.82, 2.24) is 4.90 Å². The number of aliphatic hydroxyl groups is 1. The van der Waals surface area contributed by atoms with E-state index in [9.17, 15) is 0 Å². The molecule has 1 aliphatic rings. The van der Waals surface area contributed by atoms with Gasteiger partial charge in [-0.25, -0.2) is 0 Å². The highest BCUT2D eigenvalue weighted by atomic mass is 16.3. The second-order valence-corrected chi connectivity index (χ2v) is 3.73. The predicted molar refractivity (Wildman–Crippen MR) is 68.8 cm³/mol. The van der Waals surface area contributed by atoms with Crippen molar-refractivity contribution in [2.24, 2.45) is 0 Å². The molecular formula is C14H21NO. The summed E-state index contributed by atoms with van der Waals surface area (Å²) in [6.45, 7) is 4.84. The molecule has 0 bridgehead atoms. The number of hydrogen-bond acceptors (Lipinski definition) is 2. The zero-order chi connectivity index (χ0) is 11.8. The molecule has 2 nitrogen and oxygen atoms in total. The fourth-order valence-corrected chi connectivity index (χ4v) is 1.86. The van der Waals surface area contributed by atoms with Gasteiger partial charge in [-0.3, -0.25) is 0 Å². The van der Waals surface area contributed by atoms with Crippen molar-refractivity contribution in [2.45, 2.75) is 26.7 Å². The second kappa shape index (κ2) is 7.07. The lowest BCUT2D eigenvalue weighted by Gasteiger charge is -2.26. The molecule has 0 aliphatic heterocycles. The summed E-state index contributed by atoms with van der Waals surface area (Å²) in [5.74, 6) is 0. The van der Waals surface area contributed by atoms with E-state index in [-0.39, 0.29) is 6.61 Å². The minimum atomic E-state index is 0.171. The van der Waals surface area contributed by atoms with Crippen molar-refractivity contribution in [1.29, 1.82) is 0 Å². The van der Waals surface area contributed by atoms with Crippen molar-refractivity contribution in [3.63, 3.8) is 0 Å². The molecule has 88 valence electrons. The van der Waals surface area contributed by atoms with E-state index < -0.39 is 0 Å². The van der Waals surface area contributed by atoms with Crippen LogP contribution in [0.3, 0.4) is 0 Å². The molecule has 0 atom stereocenters. The second-order valence-electron chi connectivity index (χ2n) is 3.73. The third kappa shape index (κ3) is 3.38. The number of hydrogen-bond donors (Lipinski definition) is 1. The maximum Gasteiger partial charge on any atom is 0.0610 e. The van der Waals surface area contributed by atoms with Gasteiger partial charge in [0.2, 0.25) is 0 Å². The molecular weight excluding hydrogens is 198 g/mol. The highest BCUT2D eigenvalue weighted by Crippen LogP contribution is 2.23. The van der Waals surface area contributed by atoms with Gasteiger partial charge in [0, 0.05) is 12.2 Å². The zero-order valence-electron chi connectivity index (χ0n) is 10.2. The van der Waals surface area contributed by atoms with Gasteiger partial charge in [0.15, 0.2) is 0 Å². The van der Waals surface area contributed by atoms with Gasteiger partial charge in [-0.1, -0.05) is 30.4 Å². The Morgan fingerprint density at radius 2 is 2.00 bits per heavy atom. The molecule has 0 aromatic carbocycles. The van der Waals surface area contributed by atoms with Crippen molar-refractivity contribution in [2.75, 3.05) is 13.2 Å². The molecule has 0 saturated carbocycles.